The largest absolute Gasteiger partial charge is 0.416 e. The van der Waals surface area contributed by atoms with E-state index < -0.39 is 35.5 Å². The normalized spacial score (nSPS) is 17.2. The van der Waals surface area contributed by atoms with Crippen LogP contribution in [0, 0.1) is 5.82 Å². The van der Waals surface area contributed by atoms with Gasteiger partial charge >= 0.3 is 6.18 Å². The van der Waals surface area contributed by atoms with Crippen LogP contribution in [0.1, 0.15) is 35.5 Å². The van der Waals surface area contributed by atoms with Gasteiger partial charge in [-0.3, -0.25) is 9.78 Å². The number of carbonyl (C=O) groups excluding carboxylic acids is 1. The van der Waals surface area contributed by atoms with E-state index in [0.29, 0.717) is 22.2 Å². The number of para-hydroxylation sites is 1. The van der Waals surface area contributed by atoms with Crippen molar-refractivity contribution in [2.45, 2.75) is 24.7 Å². The van der Waals surface area contributed by atoms with E-state index in [4.69, 9.17) is 12.2 Å². The van der Waals surface area contributed by atoms with Crippen molar-refractivity contribution < 1.29 is 22.4 Å². The molecule has 1 aliphatic heterocycles. The summed E-state index contributed by atoms with van der Waals surface area (Å²) in [5, 5.41) is 6.20. The van der Waals surface area contributed by atoms with Gasteiger partial charge in [0.05, 0.1) is 29.0 Å². The van der Waals surface area contributed by atoms with Crippen molar-refractivity contribution in [2.24, 2.45) is 0 Å². The summed E-state index contributed by atoms with van der Waals surface area (Å²) in [7, 11) is 0. The number of amides is 1. The molecule has 3 heterocycles. The third-order valence-electron chi connectivity index (χ3n) is 6.46. The van der Waals surface area contributed by atoms with Crippen LogP contribution in [0.25, 0.3) is 5.69 Å². The average molecular weight is 554 g/mol. The molecule has 0 saturated carbocycles. The molecule has 2 unspecified atom stereocenters. The highest BCUT2D eigenvalue weighted by atomic mass is 32.1. The Labute approximate surface area is 227 Å². The summed E-state index contributed by atoms with van der Waals surface area (Å²) in [5.74, 6) is -0.951. The Morgan fingerprint density at radius 1 is 1.03 bits per heavy atom. The number of alkyl halides is 3. The van der Waals surface area contributed by atoms with Gasteiger partial charge in [0.1, 0.15) is 5.82 Å². The molecule has 6 nitrogen and oxygen atoms in total. The van der Waals surface area contributed by atoms with Crippen molar-refractivity contribution in [3.63, 3.8) is 0 Å². The minimum Gasteiger partial charge on any atom is -0.352 e. The first-order chi connectivity index (χ1) is 18.7. The number of nitrogens with zero attached hydrogens (tertiary/aromatic N) is 3. The van der Waals surface area contributed by atoms with Gasteiger partial charge in [0, 0.05) is 36.7 Å². The monoisotopic (exact) mass is 553 g/mol. The van der Waals surface area contributed by atoms with E-state index in [0.717, 1.165) is 12.1 Å². The molecule has 0 aliphatic carbocycles. The number of anilines is 1. The SMILES string of the molecule is O=C(CCN1C(=S)NC(c2ccccn2)C1c1cccn1-c1cccc(C(F)(F)F)c1)Nc1ccccc1F. The maximum Gasteiger partial charge on any atom is 0.416 e. The minimum atomic E-state index is -4.49. The van der Waals surface area contributed by atoms with Gasteiger partial charge in [0.25, 0.3) is 0 Å². The molecule has 1 amide bonds. The number of halogens is 4. The van der Waals surface area contributed by atoms with Crippen molar-refractivity contribution in [1.82, 2.24) is 19.8 Å². The summed E-state index contributed by atoms with van der Waals surface area (Å²) < 4.78 is 56.0. The smallest absolute Gasteiger partial charge is 0.352 e. The number of carbonyl (C=O) groups is 1. The third-order valence-corrected chi connectivity index (χ3v) is 6.81. The van der Waals surface area contributed by atoms with Crippen LogP contribution >= 0.6 is 12.2 Å². The van der Waals surface area contributed by atoms with E-state index in [9.17, 15) is 22.4 Å². The van der Waals surface area contributed by atoms with Crippen molar-refractivity contribution in [3.05, 3.63) is 114 Å². The lowest BCUT2D eigenvalue weighted by atomic mass is 10.0. The molecule has 200 valence electrons. The molecular formula is C28H23F4N5OS. The zero-order chi connectivity index (χ0) is 27.6. The zero-order valence-corrected chi connectivity index (χ0v) is 21.2. The van der Waals surface area contributed by atoms with Crippen molar-refractivity contribution >= 4 is 28.9 Å². The predicted molar refractivity (Wildman–Crippen MR) is 143 cm³/mol. The summed E-state index contributed by atoms with van der Waals surface area (Å²) in [5.41, 5.74) is 0.986. The average Bonchev–Trinajstić information content (AvgIpc) is 3.53. The van der Waals surface area contributed by atoms with E-state index in [1.54, 1.807) is 41.2 Å². The minimum absolute atomic E-state index is 0.00808. The van der Waals surface area contributed by atoms with Gasteiger partial charge in [-0.25, -0.2) is 4.39 Å². The maximum atomic E-state index is 14.0. The van der Waals surface area contributed by atoms with Gasteiger partial charge in [0.15, 0.2) is 5.11 Å². The van der Waals surface area contributed by atoms with Crippen LogP contribution in [0.15, 0.2) is 91.3 Å². The summed E-state index contributed by atoms with van der Waals surface area (Å²) in [6, 6.07) is 19.0. The molecule has 1 saturated heterocycles. The Kier molecular flexibility index (Phi) is 7.34. The highest BCUT2D eigenvalue weighted by molar-refractivity contribution is 7.80. The molecule has 0 radical (unpaired) electrons. The molecule has 2 aromatic carbocycles. The molecule has 39 heavy (non-hydrogen) atoms. The Hall–Kier alpha value is -4.25. The first kappa shape index (κ1) is 26.4. The van der Waals surface area contributed by atoms with Crippen molar-refractivity contribution in [3.8, 4) is 5.69 Å². The Balaban J connectivity index is 1.47. The summed E-state index contributed by atoms with van der Waals surface area (Å²) in [6.45, 7) is 0.174. The van der Waals surface area contributed by atoms with Gasteiger partial charge < -0.3 is 20.1 Å². The van der Waals surface area contributed by atoms with E-state index in [1.807, 2.05) is 23.1 Å². The number of nitrogens with one attached hydrogen (secondary N) is 2. The topological polar surface area (TPSA) is 62.2 Å². The Bertz CT molecular complexity index is 1490. The number of thiocarbonyl (C=S) groups is 1. The molecular weight excluding hydrogens is 530 g/mol. The molecule has 11 heteroatoms. The molecule has 1 fully saturated rings. The van der Waals surface area contributed by atoms with E-state index >= 15 is 0 Å². The fourth-order valence-corrected chi connectivity index (χ4v) is 5.00. The van der Waals surface area contributed by atoms with Gasteiger partial charge in [-0.1, -0.05) is 24.3 Å². The lowest BCUT2D eigenvalue weighted by molar-refractivity contribution is -0.137. The predicted octanol–water partition coefficient (Wildman–Crippen LogP) is 6.03. The number of hydrogen-bond acceptors (Lipinski definition) is 3. The van der Waals surface area contributed by atoms with Crippen LogP contribution in [0.5, 0.6) is 0 Å². The van der Waals surface area contributed by atoms with Gasteiger partial charge in [-0.15, -0.1) is 0 Å². The van der Waals surface area contributed by atoms with Gasteiger partial charge in [0.2, 0.25) is 5.91 Å². The first-order valence-corrected chi connectivity index (χ1v) is 12.5. The lowest BCUT2D eigenvalue weighted by Crippen LogP contribution is -2.33. The second-order valence-electron chi connectivity index (χ2n) is 8.95. The number of hydrogen-bond donors (Lipinski definition) is 2. The van der Waals surface area contributed by atoms with E-state index in [1.165, 1.54) is 24.3 Å². The quantitative estimate of drug-likeness (QED) is 0.216. The van der Waals surface area contributed by atoms with Crippen LogP contribution < -0.4 is 10.6 Å². The van der Waals surface area contributed by atoms with Crippen LogP contribution in [0.2, 0.25) is 0 Å². The lowest BCUT2D eigenvalue weighted by Gasteiger charge is -2.29. The number of benzene rings is 2. The standard InChI is InChI=1S/C28H23F4N5OS/c29-20-9-1-2-10-21(20)34-24(38)13-16-37-26(25(35-27(37)39)22-11-3-4-14-33-22)23-12-6-15-36(23)19-8-5-7-18(17-19)28(30,31)32/h1-12,14-15,17,25-26H,13,16H2,(H,34,38)(H,35,39). The fraction of sp³-hybridized carbons (Fsp3) is 0.179. The molecule has 0 bridgehead atoms. The summed E-state index contributed by atoms with van der Waals surface area (Å²) >= 11 is 5.64. The molecule has 0 spiro atoms. The van der Waals surface area contributed by atoms with Crippen LogP contribution in [0.3, 0.4) is 0 Å². The molecule has 1 aliphatic rings. The fourth-order valence-electron chi connectivity index (χ4n) is 4.67. The molecule has 2 N–H and O–H groups in total. The van der Waals surface area contributed by atoms with E-state index in [-0.39, 0.29) is 18.7 Å². The number of rotatable bonds is 7. The first-order valence-electron chi connectivity index (χ1n) is 12.1. The second kappa shape index (κ2) is 10.9. The number of pyridine rings is 1. The van der Waals surface area contributed by atoms with Gasteiger partial charge in [-0.2, -0.15) is 13.2 Å². The maximum absolute atomic E-state index is 14.0. The zero-order valence-electron chi connectivity index (χ0n) is 20.4. The highest BCUT2D eigenvalue weighted by Crippen LogP contribution is 2.40. The molecule has 5 rings (SSSR count). The third kappa shape index (κ3) is 5.63. The second-order valence-corrected chi connectivity index (χ2v) is 9.34. The van der Waals surface area contributed by atoms with E-state index in [2.05, 4.69) is 15.6 Å². The Morgan fingerprint density at radius 3 is 2.56 bits per heavy atom. The molecule has 4 aromatic rings. The van der Waals surface area contributed by atoms with Crippen molar-refractivity contribution in [2.75, 3.05) is 11.9 Å². The Morgan fingerprint density at radius 2 is 1.82 bits per heavy atom. The molecule has 2 atom stereocenters. The van der Waals surface area contributed by atoms with Crippen LogP contribution in [0.4, 0.5) is 23.2 Å². The summed E-state index contributed by atoms with van der Waals surface area (Å²) in [6.07, 6.45) is -1.17. The van der Waals surface area contributed by atoms with Crippen LogP contribution in [-0.2, 0) is 11.0 Å². The highest BCUT2D eigenvalue weighted by Gasteiger charge is 2.41. The van der Waals surface area contributed by atoms with Crippen LogP contribution in [-0.4, -0.2) is 32.0 Å². The molecule has 2 aromatic heterocycles. The number of aromatic nitrogens is 2. The van der Waals surface area contributed by atoms with Crippen molar-refractivity contribution in [1.29, 1.82) is 0 Å². The summed E-state index contributed by atoms with van der Waals surface area (Å²) in [4.78, 5) is 19.0. The van der Waals surface area contributed by atoms with Gasteiger partial charge in [-0.05, 0) is 66.8 Å².